The lowest BCUT2D eigenvalue weighted by Crippen LogP contribution is -2.44. The van der Waals surface area contributed by atoms with Crippen molar-refractivity contribution in [2.75, 3.05) is 13.1 Å². The second-order valence-electron chi connectivity index (χ2n) is 4.55. The Bertz CT molecular complexity index is 415. The van der Waals surface area contributed by atoms with Crippen LogP contribution in [-0.2, 0) is 0 Å². The van der Waals surface area contributed by atoms with Gasteiger partial charge in [0.15, 0.2) is 6.39 Å². The maximum Gasteiger partial charge on any atom is 0.291 e. The van der Waals surface area contributed by atoms with Gasteiger partial charge in [-0.1, -0.05) is 0 Å². The molecule has 2 saturated heterocycles. The van der Waals surface area contributed by atoms with Gasteiger partial charge in [0.05, 0.1) is 5.69 Å². The van der Waals surface area contributed by atoms with E-state index < -0.39 is 0 Å². The Labute approximate surface area is 93.8 Å². The Hall–Kier alpha value is -1.36. The number of fused-ring (bicyclic) bond motifs is 2. The molecule has 3 rings (SSSR count). The third-order valence-corrected chi connectivity index (χ3v) is 3.56. The van der Waals surface area contributed by atoms with E-state index in [1.807, 2.05) is 4.90 Å². The number of aromatic nitrogens is 1. The molecule has 0 aliphatic carbocycles. The Morgan fingerprint density at radius 2 is 2.56 bits per heavy atom. The van der Waals surface area contributed by atoms with E-state index in [0.717, 1.165) is 25.9 Å². The lowest BCUT2D eigenvalue weighted by Gasteiger charge is -2.31. The van der Waals surface area contributed by atoms with Gasteiger partial charge in [0, 0.05) is 25.2 Å². The van der Waals surface area contributed by atoms with Crippen molar-refractivity contribution in [3.63, 3.8) is 0 Å². The highest BCUT2D eigenvalue weighted by Gasteiger charge is 2.37. The first kappa shape index (κ1) is 9.84. The molecule has 1 aromatic heterocycles. The van der Waals surface area contributed by atoms with Crippen LogP contribution in [0.15, 0.2) is 10.8 Å². The number of hydrogen-bond acceptors (Lipinski definition) is 4. The van der Waals surface area contributed by atoms with Gasteiger partial charge in [0.1, 0.15) is 0 Å². The van der Waals surface area contributed by atoms with Gasteiger partial charge in [0.25, 0.3) is 5.91 Å². The number of nitrogens with one attached hydrogen (secondary N) is 1. The van der Waals surface area contributed by atoms with E-state index in [1.54, 1.807) is 6.92 Å². The molecular formula is C11H15N3O2. The average Bonchev–Trinajstić information content (AvgIpc) is 2.86. The summed E-state index contributed by atoms with van der Waals surface area (Å²) in [5.41, 5.74) is 0.679. The lowest BCUT2D eigenvalue weighted by atomic mass is 10.0. The second kappa shape index (κ2) is 3.59. The minimum absolute atomic E-state index is 0.0119. The highest BCUT2D eigenvalue weighted by molar-refractivity contribution is 5.92. The number of likely N-dealkylation sites (tertiary alicyclic amines) is 1. The number of hydrogen-bond donors (Lipinski definition) is 1. The number of rotatable bonds is 1. The fraction of sp³-hybridized carbons (Fsp3) is 0.636. The Morgan fingerprint density at radius 3 is 3.31 bits per heavy atom. The Balaban J connectivity index is 1.83. The fourth-order valence-electron chi connectivity index (χ4n) is 2.64. The molecule has 0 aromatic carbocycles. The normalized spacial score (nSPS) is 28.4. The number of carbonyl (C=O) groups excluding carboxylic acids is 1. The fourth-order valence-corrected chi connectivity index (χ4v) is 2.64. The monoisotopic (exact) mass is 221 g/mol. The van der Waals surface area contributed by atoms with Crippen molar-refractivity contribution in [3.05, 3.63) is 17.8 Å². The molecule has 1 amide bonds. The van der Waals surface area contributed by atoms with Crippen molar-refractivity contribution in [1.82, 2.24) is 15.2 Å². The van der Waals surface area contributed by atoms with Gasteiger partial charge in [-0.2, -0.15) is 0 Å². The van der Waals surface area contributed by atoms with Crippen molar-refractivity contribution in [2.45, 2.75) is 31.8 Å². The van der Waals surface area contributed by atoms with Crippen LogP contribution < -0.4 is 5.32 Å². The van der Waals surface area contributed by atoms with Crippen LogP contribution in [0.3, 0.4) is 0 Å². The SMILES string of the molecule is Cc1ncoc1C(=O)N1CCC2CC1CN2. The molecule has 86 valence electrons. The van der Waals surface area contributed by atoms with Crippen LogP contribution in [0.5, 0.6) is 0 Å². The lowest BCUT2D eigenvalue weighted by molar-refractivity contribution is 0.0624. The Morgan fingerprint density at radius 1 is 1.69 bits per heavy atom. The van der Waals surface area contributed by atoms with E-state index in [-0.39, 0.29) is 5.91 Å². The minimum atomic E-state index is -0.0119. The number of carbonyl (C=O) groups is 1. The predicted octanol–water partition coefficient (Wildman–Crippen LogP) is 0.559. The molecule has 2 aliphatic heterocycles. The zero-order valence-corrected chi connectivity index (χ0v) is 9.27. The van der Waals surface area contributed by atoms with Gasteiger partial charge in [-0.25, -0.2) is 4.98 Å². The second-order valence-corrected chi connectivity index (χ2v) is 4.55. The minimum Gasteiger partial charge on any atom is -0.438 e. The molecule has 1 N–H and O–H groups in total. The number of amides is 1. The molecule has 2 bridgehead atoms. The maximum atomic E-state index is 12.2. The molecular weight excluding hydrogens is 206 g/mol. The molecule has 2 unspecified atom stereocenters. The van der Waals surface area contributed by atoms with Crippen molar-refractivity contribution in [1.29, 1.82) is 0 Å². The van der Waals surface area contributed by atoms with E-state index >= 15 is 0 Å². The third kappa shape index (κ3) is 1.43. The molecule has 5 nitrogen and oxygen atoms in total. The van der Waals surface area contributed by atoms with Gasteiger partial charge < -0.3 is 14.6 Å². The predicted molar refractivity (Wildman–Crippen MR) is 57.1 cm³/mol. The summed E-state index contributed by atoms with van der Waals surface area (Å²) in [5.74, 6) is 0.382. The first-order chi connectivity index (χ1) is 7.75. The first-order valence-electron chi connectivity index (χ1n) is 5.70. The van der Waals surface area contributed by atoms with Gasteiger partial charge in [0.2, 0.25) is 5.76 Å². The Kier molecular flexibility index (Phi) is 2.21. The number of piperidine rings is 1. The molecule has 0 spiro atoms. The highest BCUT2D eigenvalue weighted by Crippen LogP contribution is 2.24. The van der Waals surface area contributed by atoms with Crippen molar-refractivity contribution >= 4 is 5.91 Å². The topological polar surface area (TPSA) is 58.4 Å². The molecule has 1 aromatic rings. The standard InChI is InChI=1S/C11H15N3O2/c1-7-10(16-6-13-7)11(15)14-3-2-8-4-9(14)5-12-8/h6,8-9,12H,2-5H2,1H3. The van der Waals surface area contributed by atoms with E-state index in [0.29, 0.717) is 23.5 Å². The van der Waals surface area contributed by atoms with Gasteiger partial charge in [-0.15, -0.1) is 0 Å². The zero-order chi connectivity index (χ0) is 11.1. The van der Waals surface area contributed by atoms with Gasteiger partial charge >= 0.3 is 0 Å². The molecule has 16 heavy (non-hydrogen) atoms. The molecule has 2 atom stereocenters. The van der Waals surface area contributed by atoms with Crippen LogP contribution in [0, 0.1) is 6.92 Å². The summed E-state index contributed by atoms with van der Waals surface area (Å²) in [5, 5.41) is 3.42. The molecule has 0 radical (unpaired) electrons. The van der Waals surface area contributed by atoms with E-state index in [4.69, 9.17) is 4.42 Å². The maximum absolute atomic E-state index is 12.2. The number of aryl methyl sites for hydroxylation is 1. The summed E-state index contributed by atoms with van der Waals surface area (Å²) >= 11 is 0. The van der Waals surface area contributed by atoms with Crippen LogP contribution in [0.4, 0.5) is 0 Å². The van der Waals surface area contributed by atoms with Gasteiger partial charge in [-0.05, 0) is 19.8 Å². The average molecular weight is 221 g/mol. The molecule has 0 saturated carbocycles. The first-order valence-corrected chi connectivity index (χ1v) is 5.70. The molecule has 5 heteroatoms. The summed E-state index contributed by atoms with van der Waals surface area (Å²) in [7, 11) is 0. The van der Waals surface area contributed by atoms with E-state index in [9.17, 15) is 4.79 Å². The van der Waals surface area contributed by atoms with E-state index in [1.165, 1.54) is 6.39 Å². The summed E-state index contributed by atoms with van der Waals surface area (Å²) in [6.45, 7) is 3.53. The zero-order valence-electron chi connectivity index (χ0n) is 9.27. The highest BCUT2D eigenvalue weighted by atomic mass is 16.3. The van der Waals surface area contributed by atoms with E-state index in [2.05, 4.69) is 10.3 Å². The summed E-state index contributed by atoms with van der Waals surface area (Å²) in [4.78, 5) is 18.1. The largest absolute Gasteiger partial charge is 0.438 e. The van der Waals surface area contributed by atoms with Crippen molar-refractivity contribution in [2.24, 2.45) is 0 Å². The quantitative estimate of drug-likeness (QED) is 0.752. The smallest absolute Gasteiger partial charge is 0.291 e. The van der Waals surface area contributed by atoms with Crippen LogP contribution in [0.1, 0.15) is 29.1 Å². The van der Waals surface area contributed by atoms with Crippen LogP contribution in [0.25, 0.3) is 0 Å². The summed E-state index contributed by atoms with van der Waals surface area (Å²) < 4.78 is 5.16. The summed E-state index contributed by atoms with van der Waals surface area (Å²) in [6.07, 6.45) is 3.44. The van der Waals surface area contributed by atoms with Crippen LogP contribution >= 0.6 is 0 Å². The molecule has 2 fully saturated rings. The van der Waals surface area contributed by atoms with Crippen molar-refractivity contribution in [3.8, 4) is 0 Å². The number of nitrogens with zero attached hydrogens (tertiary/aromatic N) is 2. The third-order valence-electron chi connectivity index (χ3n) is 3.56. The number of oxazole rings is 1. The van der Waals surface area contributed by atoms with Crippen LogP contribution in [0.2, 0.25) is 0 Å². The van der Waals surface area contributed by atoms with Crippen LogP contribution in [-0.4, -0.2) is 41.0 Å². The summed E-state index contributed by atoms with van der Waals surface area (Å²) in [6, 6.07) is 0.931. The van der Waals surface area contributed by atoms with Crippen molar-refractivity contribution < 1.29 is 9.21 Å². The van der Waals surface area contributed by atoms with Gasteiger partial charge in [-0.3, -0.25) is 4.79 Å². The molecule has 2 aliphatic rings. The molecule has 3 heterocycles.